The van der Waals surface area contributed by atoms with Crippen LogP contribution >= 0.6 is 0 Å². The lowest BCUT2D eigenvalue weighted by Crippen LogP contribution is -1.99. The van der Waals surface area contributed by atoms with Crippen LogP contribution in [0.2, 0.25) is 0 Å². The highest BCUT2D eigenvalue weighted by Crippen LogP contribution is 2.23. The molecule has 1 atom stereocenters. The first kappa shape index (κ1) is 7.32. The van der Waals surface area contributed by atoms with Gasteiger partial charge in [0.2, 0.25) is 0 Å². The molecule has 0 spiro atoms. The molecule has 1 unspecified atom stereocenters. The van der Waals surface area contributed by atoms with Crippen LogP contribution < -0.4 is 0 Å². The topological polar surface area (TPSA) is 9.23 Å². The Balaban J connectivity index is 2.73. The van der Waals surface area contributed by atoms with E-state index < -0.39 is 0 Å². The Morgan fingerprint density at radius 1 is 1.70 bits per heavy atom. The fraction of sp³-hybridized carbons (Fsp3) is 0.500. The van der Waals surface area contributed by atoms with Crippen molar-refractivity contribution >= 4 is 0 Å². The lowest BCUT2D eigenvalue weighted by molar-refractivity contribution is 0.281. The maximum Gasteiger partial charge on any atom is 0.149 e. The van der Waals surface area contributed by atoms with Crippen molar-refractivity contribution in [2.75, 3.05) is 7.11 Å². The van der Waals surface area contributed by atoms with Gasteiger partial charge in [0.25, 0.3) is 0 Å². The van der Waals surface area contributed by atoms with Gasteiger partial charge < -0.3 is 4.74 Å². The molecule has 0 heterocycles. The van der Waals surface area contributed by atoms with Crippen LogP contribution in [-0.2, 0) is 4.74 Å². The predicted octanol–water partition coefficient (Wildman–Crippen LogP) is 2.41. The summed E-state index contributed by atoms with van der Waals surface area (Å²) < 4.78 is 17.6. The van der Waals surface area contributed by atoms with E-state index in [1.807, 2.05) is 13.0 Å². The lowest BCUT2D eigenvalue weighted by atomic mass is 10.0. The highest BCUT2D eigenvalue weighted by Gasteiger charge is 2.12. The Bertz CT molecular complexity index is 182. The molecule has 0 amide bonds. The van der Waals surface area contributed by atoms with Crippen LogP contribution in [0.15, 0.2) is 23.7 Å². The molecule has 0 saturated heterocycles. The van der Waals surface area contributed by atoms with Gasteiger partial charge >= 0.3 is 0 Å². The molecule has 1 aliphatic carbocycles. The number of halogens is 1. The maximum absolute atomic E-state index is 12.8. The molecule has 0 aromatic heterocycles. The smallest absolute Gasteiger partial charge is 0.149 e. The molecule has 0 N–H and O–H groups in total. The van der Waals surface area contributed by atoms with Gasteiger partial charge in [-0.2, -0.15) is 0 Å². The molecule has 0 radical (unpaired) electrons. The quantitative estimate of drug-likeness (QED) is 0.546. The average Bonchev–Trinajstić information content (AvgIpc) is 1.88. The van der Waals surface area contributed by atoms with Gasteiger partial charge in [0.1, 0.15) is 11.6 Å². The van der Waals surface area contributed by atoms with Gasteiger partial charge in [0, 0.05) is 6.42 Å². The molecule has 0 aromatic carbocycles. The third-order valence-corrected chi connectivity index (χ3v) is 1.56. The van der Waals surface area contributed by atoms with Gasteiger partial charge in [-0.3, -0.25) is 0 Å². The average molecular weight is 142 g/mol. The minimum atomic E-state index is -0.141. The van der Waals surface area contributed by atoms with Gasteiger partial charge in [-0.25, -0.2) is 4.39 Å². The molecule has 56 valence electrons. The standard InChI is InChI=1S/C8H11FO/c1-6-3-4-8(10-2)7(9)5-6/h3-4,6H,5H2,1-2H3. The molecule has 1 rings (SSSR count). The van der Waals surface area contributed by atoms with E-state index in [0.29, 0.717) is 18.1 Å². The second-order valence-electron chi connectivity index (χ2n) is 2.51. The first-order valence-electron chi connectivity index (χ1n) is 3.35. The van der Waals surface area contributed by atoms with Crippen LogP contribution in [0.5, 0.6) is 0 Å². The summed E-state index contributed by atoms with van der Waals surface area (Å²) in [7, 11) is 1.48. The van der Waals surface area contributed by atoms with Crippen molar-refractivity contribution in [3.05, 3.63) is 23.7 Å². The zero-order valence-electron chi connectivity index (χ0n) is 6.23. The summed E-state index contributed by atoms with van der Waals surface area (Å²) in [5.74, 6) is 0.537. The summed E-state index contributed by atoms with van der Waals surface area (Å²) in [6.45, 7) is 1.97. The summed E-state index contributed by atoms with van der Waals surface area (Å²) in [4.78, 5) is 0. The first-order valence-corrected chi connectivity index (χ1v) is 3.35. The Labute approximate surface area is 60.2 Å². The van der Waals surface area contributed by atoms with Crippen LogP contribution in [0.1, 0.15) is 13.3 Å². The normalized spacial score (nSPS) is 25.3. The third-order valence-electron chi connectivity index (χ3n) is 1.56. The van der Waals surface area contributed by atoms with E-state index in [-0.39, 0.29) is 5.83 Å². The highest BCUT2D eigenvalue weighted by atomic mass is 19.1. The van der Waals surface area contributed by atoms with Crippen LogP contribution in [-0.4, -0.2) is 7.11 Å². The van der Waals surface area contributed by atoms with Crippen molar-refractivity contribution in [2.24, 2.45) is 5.92 Å². The van der Waals surface area contributed by atoms with E-state index in [0.717, 1.165) is 0 Å². The lowest BCUT2D eigenvalue weighted by Gasteiger charge is -2.12. The zero-order chi connectivity index (χ0) is 7.56. The molecular formula is C8H11FO. The zero-order valence-corrected chi connectivity index (χ0v) is 6.23. The van der Waals surface area contributed by atoms with Crippen molar-refractivity contribution in [2.45, 2.75) is 13.3 Å². The second-order valence-corrected chi connectivity index (χ2v) is 2.51. The third kappa shape index (κ3) is 1.38. The fourth-order valence-corrected chi connectivity index (χ4v) is 0.972. The van der Waals surface area contributed by atoms with E-state index in [2.05, 4.69) is 0 Å². The molecule has 1 nitrogen and oxygen atoms in total. The van der Waals surface area contributed by atoms with Crippen LogP contribution in [0, 0.1) is 5.92 Å². The SMILES string of the molecule is COC1=C(F)CC(C)C=C1. The number of allylic oxidation sites excluding steroid dienone is 3. The maximum atomic E-state index is 12.8. The van der Waals surface area contributed by atoms with Crippen molar-refractivity contribution in [1.82, 2.24) is 0 Å². The largest absolute Gasteiger partial charge is 0.494 e. The Morgan fingerprint density at radius 3 is 2.90 bits per heavy atom. The summed E-state index contributed by atoms with van der Waals surface area (Å²) in [6.07, 6.45) is 4.10. The highest BCUT2D eigenvalue weighted by molar-refractivity contribution is 5.21. The summed E-state index contributed by atoms with van der Waals surface area (Å²) >= 11 is 0. The number of hydrogen-bond acceptors (Lipinski definition) is 1. The Morgan fingerprint density at radius 2 is 2.40 bits per heavy atom. The van der Waals surface area contributed by atoms with Crippen molar-refractivity contribution in [3.8, 4) is 0 Å². The molecule has 2 heteroatoms. The van der Waals surface area contributed by atoms with Crippen molar-refractivity contribution in [1.29, 1.82) is 0 Å². The molecule has 0 fully saturated rings. The predicted molar refractivity (Wildman–Crippen MR) is 38.1 cm³/mol. The molecule has 10 heavy (non-hydrogen) atoms. The van der Waals surface area contributed by atoms with E-state index >= 15 is 0 Å². The van der Waals surface area contributed by atoms with E-state index in [4.69, 9.17) is 4.74 Å². The summed E-state index contributed by atoms with van der Waals surface area (Å²) in [5.41, 5.74) is 0. The van der Waals surface area contributed by atoms with Gasteiger partial charge in [0.05, 0.1) is 7.11 Å². The van der Waals surface area contributed by atoms with E-state index in [1.54, 1.807) is 6.08 Å². The molecule has 1 aliphatic rings. The Kier molecular flexibility index (Phi) is 2.10. The number of methoxy groups -OCH3 is 1. The van der Waals surface area contributed by atoms with Crippen LogP contribution in [0.4, 0.5) is 4.39 Å². The van der Waals surface area contributed by atoms with Gasteiger partial charge in [-0.05, 0) is 12.0 Å². The van der Waals surface area contributed by atoms with Crippen molar-refractivity contribution in [3.63, 3.8) is 0 Å². The fourth-order valence-electron chi connectivity index (χ4n) is 0.972. The van der Waals surface area contributed by atoms with Gasteiger partial charge in [-0.1, -0.05) is 13.0 Å². The second kappa shape index (κ2) is 2.86. The number of rotatable bonds is 1. The van der Waals surface area contributed by atoms with Crippen LogP contribution in [0.3, 0.4) is 0 Å². The number of hydrogen-bond donors (Lipinski definition) is 0. The van der Waals surface area contributed by atoms with E-state index in [9.17, 15) is 4.39 Å². The number of ether oxygens (including phenoxy) is 1. The van der Waals surface area contributed by atoms with Crippen LogP contribution in [0.25, 0.3) is 0 Å². The molecule has 0 aromatic rings. The molecule has 0 bridgehead atoms. The molecule has 0 saturated carbocycles. The monoisotopic (exact) mass is 142 g/mol. The van der Waals surface area contributed by atoms with E-state index in [1.165, 1.54) is 7.11 Å². The molecule has 0 aliphatic heterocycles. The summed E-state index contributed by atoms with van der Waals surface area (Å²) in [6, 6.07) is 0. The van der Waals surface area contributed by atoms with Gasteiger partial charge in [-0.15, -0.1) is 0 Å². The summed E-state index contributed by atoms with van der Waals surface area (Å²) in [5, 5.41) is 0. The minimum Gasteiger partial charge on any atom is -0.494 e. The van der Waals surface area contributed by atoms with Crippen molar-refractivity contribution < 1.29 is 9.13 Å². The Hall–Kier alpha value is -0.790. The van der Waals surface area contributed by atoms with Gasteiger partial charge in [0.15, 0.2) is 0 Å². The minimum absolute atomic E-state index is 0.141. The molecular weight excluding hydrogens is 131 g/mol. The first-order chi connectivity index (χ1) is 4.74.